The number of rotatable bonds is 4. The number of nitrogens with one attached hydrogen (secondary N) is 1. The lowest BCUT2D eigenvalue weighted by molar-refractivity contribution is 0.661. The van der Waals surface area contributed by atoms with Crippen molar-refractivity contribution in [3.05, 3.63) is 41.1 Å². The van der Waals surface area contributed by atoms with Crippen molar-refractivity contribution in [1.82, 2.24) is 14.5 Å². The summed E-state index contributed by atoms with van der Waals surface area (Å²) in [5.41, 5.74) is 0.850. The lowest BCUT2D eigenvalue weighted by Gasteiger charge is -2.11. The normalized spacial score (nSPS) is 10.9. The van der Waals surface area contributed by atoms with Gasteiger partial charge in [0, 0.05) is 25.4 Å². The van der Waals surface area contributed by atoms with Crippen molar-refractivity contribution < 1.29 is 0 Å². The number of aromatic nitrogens is 3. The van der Waals surface area contributed by atoms with E-state index in [1.807, 2.05) is 31.6 Å². The molecule has 0 aromatic carbocycles. The average Bonchev–Trinajstić information content (AvgIpc) is 2.80. The smallest absolute Gasteiger partial charge is 0.126 e. The summed E-state index contributed by atoms with van der Waals surface area (Å²) >= 11 is 6.18. The fraction of sp³-hybridized carbons (Fsp3) is 0.385. The molecule has 0 aliphatic heterocycles. The topological polar surface area (TPSA) is 42.7 Å². The third-order valence-electron chi connectivity index (χ3n) is 2.76. The van der Waals surface area contributed by atoms with E-state index < -0.39 is 0 Å². The highest BCUT2D eigenvalue weighted by Crippen LogP contribution is 2.20. The Labute approximate surface area is 112 Å². The van der Waals surface area contributed by atoms with E-state index in [4.69, 9.17) is 11.6 Å². The van der Waals surface area contributed by atoms with E-state index >= 15 is 0 Å². The van der Waals surface area contributed by atoms with Crippen LogP contribution in [0.1, 0.15) is 31.3 Å². The molecule has 0 amide bonds. The van der Waals surface area contributed by atoms with Crippen LogP contribution in [0, 0.1) is 0 Å². The highest BCUT2D eigenvalue weighted by Gasteiger charge is 2.10. The highest BCUT2D eigenvalue weighted by molar-refractivity contribution is 6.31. The summed E-state index contributed by atoms with van der Waals surface area (Å²) in [5, 5.41) is 3.70. The Morgan fingerprint density at radius 2 is 2.17 bits per heavy atom. The molecule has 0 aliphatic carbocycles. The maximum Gasteiger partial charge on any atom is 0.126 e. The Bertz CT molecular complexity index is 534. The van der Waals surface area contributed by atoms with Crippen LogP contribution >= 0.6 is 11.6 Å². The Kier molecular flexibility index (Phi) is 3.87. The Morgan fingerprint density at radius 3 is 2.83 bits per heavy atom. The van der Waals surface area contributed by atoms with Gasteiger partial charge >= 0.3 is 0 Å². The first-order valence-electron chi connectivity index (χ1n) is 5.96. The molecule has 0 radical (unpaired) electrons. The van der Waals surface area contributed by atoms with Gasteiger partial charge in [0.25, 0.3) is 0 Å². The molecule has 0 unspecified atom stereocenters. The van der Waals surface area contributed by atoms with Gasteiger partial charge in [0.2, 0.25) is 0 Å². The number of hydrogen-bond acceptors (Lipinski definition) is 3. The van der Waals surface area contributed by atoms with Gasteiger partial charge in [-0.15, -0.1) is 0 Å². The van der Waals surface area contributed by atoms with Gasteiger partial charge < -0.3 is 9.88 Å². The third kappa shape index (κ3) is 2.64. The van der Waals surface area contributed by atoms with Crippen LogP contribution in [0.5, 0.6) is 0 Å². The summed E-state index contributed by atoms with van der Waals surface area (Å²) in [5.74, 6) is 2.24. The van der Waals surface area contributed by atoms with Gasteiger partial charge in [-0.2, -0.15) is 0 Å². The van der Waals surface area contributed by atoms with Crippen molar-refractivity contribution in [2.75, 3.05) is 12.4 Å². The zero-order valence-corrected chi connectivity index (χ0v) is 11.6. The molecule has 0 saturated carbocycles. The SMILES string of the molecule is CNc1ccc(Cl)c(Cn2ccnc2C(C)C)n1. The predicted molar refractivity (Wildman–Crippen MR) is 74.2 cm³/mol. The minimum atomic E-state index is 0.381. The molecule has 0 fully saturated rings. The molecular weight excluding hydrogens is 248 g/mol. The van der Waals surface area contributed by atoms with E-state index in [2.05, 4.69) is 33.7 Å². The van der Waals surface area contributed by atoms with Crippen LogP contribution in [-0.2, 0) is 6.54 Å². The molecule has 5 heteroatoms. The minimum Gasteiger partial charge on any atom is -0.373 e. The van der Waals surface area contributed by atoms with Crippen molar-refractivity contribution in [3.8, 4) is 0 Å². The monoisotopic (exact) mass is 264 g/mol. The van der Waals surface area contributed by atoms with Crippen LogP contribution in [0.3, 0.4) is 0 Å². The molecular formula is C13H17ClN4. The zero-order chi connectivity index (χ0) is 13.1. The summed E-state index contributed by atoms with van der Waals surface area (Å²) in [6.45, 7) is 4.89. The average molecular weight is 265 g/mol. The number of nitrogens with zero attached hydrogens (tertiary/aromatic N) is 3. The second-order valence-electron chi connectivity index (χ2n) is 4.44. The zero-order valence-electron chi connectivity index (χ0n) is 10.8. The summed E-state index contributed by atoms with van der Waals surface area (Å²) < 4.78 is 2.08. The first-order valence-corrected chi connectivity index (χ1v) is 6.33. The van der Waals surface area contributed by atoms with Crippen LogP contribution in [0.4, 0.5) is 5.82 Å². The Balaban J connectivity index is 2.30. The lowest BCUT2D eigenvalue weighted by atomic mass is 10.2. The third-order valence-corrected chi connectivity index (χ3v) is 3.10. The van der Waals surface area contributed by atoms with Gasteiger partial charge in [-0.05, 0) is 12.1 Å². The summed E-state index contributed by atoms with van der Waals surface area (Å²) in [6, 6.07) is 3.73. The predicted octanol–water partition coefficient (Wildman–Crippen LogP) is 3.14. The van der Waals surface area contributed by atoms with Crippen molar-refractivity contribution in [1.29, 1.82) is 0 Å². The molecule has 1 N–H and O–H groups in total. The second kappa shape index (κ2) is 5.40. The number of pyridine rings is 1. The summed E-state index contributed by atoms with van der Waals surface area (Å²) in [4.78, 5) is 8.84. The van der Waals surface area contributed by atoms with Crippen LogP contribution in [-0.4, -0.2) is 21.6 Å². The van der Waals surface area contributed by atoms with Crippen molar-refractivity contribution in [2.24, 2.45) is 0 Å². The molecule has 96 valence electrons. The van der Waals surface area contributed by atoms with Gasteiger partial charge in [0.05, 0.1) is 17.3 Å². The number of hydrogen-bond donors (Lipinski definition) is 1. The van der Waals surface area contributed by atoms with Gasteiger partial charge in [-0.1, -0.05) is 25.4 Å². The van der Waals surface area contributed by atoms with Crippen molar-refractivity contribution in [3.63, 3.8) is 0 Å². The molecule has 0 aliphatic rings. The van der Waals surface area contributed by atoms with Crippen LogP contribution in [0.2, 0.25) is 5.02 Å². The van der Waals surface area contributed by atoms with Gasteiger partial charge in [-0.25, -0.2) is 9.97 Å². The fourth-order valence-electron chi connectivity index (χ4n) is 1.85. The highest BCUT2D eigenvalue weighted by atomic mass is 35.5. The van der Waals surface area contributed by atoms with Gasteiger partial charge in [0.1, 0.15) is 11.6 Å². The van der Waals surface area contributed by atoms with Gasteiger partial charge in [-0.3, -0.25) is 0 Å². The maximum atomic E-state index is 6.18. The molecule has 18 heavy (non-hydrogen) atoms. The minimum absolute atomic E-state index is 0.381. The van der Waals surface area contributed by atoms with E-state index in [9.17, 15) is 0 Å². The summed E-state index contributed by atoms with van der Waals surface area (Å²) in [7, 11) is 1.84. The molecule has 2 rings (SSSR count). The van der Waals surface area contributed by atoms with E-state index in [1.54, 1.807) is 0 Å². The molecule has 2 aromatic rings. The van der Waals surface area contributed by atoms with E-state index in [-0.39, 0.29) is 0 Å². The van der Waals surface area contributed by atoms with E-state index in [0.717, 1.165) is 17.3 Å². The Hall–Kier alpha value is -1.55. The fourth-order valence-corrected chi connectivity index (χ4v) is 2.02. The standard InChI is InChI=1S/C13H17ClN4/c1-9(2)13-16-6-7-18(13)8-11-10(14)4-5-12(15-3)17-11/h4-7,9H,8H2,1-3H3,(H,15,17). The number of imidazole rings is 1. The van der Waals surface area contributed by atoms with E-state index in [0.29, 0.717) is 17.5 Å². The van der Waals surface area contributed by atoms with Crippen molar-refractivity contribution in [2.45, 2.75) is 26.3 Å². The van der Waals surface area contributed by atoms with Crippen LogP contribution in [0.15, 0.2) is 24.5 Å². The van der Waals surface area contributed by atoms with Crippen LogP contribution < -0.4 is 5.32 Å². The molecule has 4 nitrogen and oxygen atoms in total. The Morgan fingerprint density at radius 1 is 1.39 bits per heavy atom. The first-order chi connectivity index (χ1) is 8.61. The van der Waals surface area contributed by atoms with Gasteiger partial charge in [0.15, 0.2) is 0 Å². The quantitative estimate of drug-likeness (QED) is 0.923. The first kappa shape index (κ1) is 12.9. The molecule has 2 aromatic heterocycles. The van der Waals surface area contributed by atoms with E-state index in [1.165, 1.54) is 0 Å². The molecule has 0 atom stereocenters. The van der Waals surface area contributed by atoms with Crippen molar-refractivity contribution >= 4 is 17.4 Å². The number of halogens is 1. The summed E-state index contributed by atoms with van der Waals surface area (Å²) in [6.07, 6.45) is 3.77. The molecule has 2 heterocycles. The van der Waals surface area contributed by atoms with Crippen LogP contribution in [0.25, 0.3) is 0 Å². The molecule has 0 saturated heterocycles. The second-order valence-corrected chi connectivity index (χ2v) is 4.85. The number of anilines is 1. The molecule has 0 spiro atoms. The lowest BCUT2D eigenvalue weighted by Crippen LogP contribution is -2.08. The molecule has 0 bridgehead atoms. The largest absolute Gasteiger partial charge is 0.373 e. The maximum absolute atomic E-state index is 6.18.